The number of ketones is 1. The molecule has 1 N–H and O–H groups in total. The summed E-state index contributed by atoms with van der Waals surface area (Å²) < 4.78 is 37.7. The number of aromatic nitrogens is 1. The molecular weight excluding hydrogens is 460 g/mol. The van der Waals surface area contributed by atoms with Crippen LogP contribution in [-0.2, 0) is 19.5 Å². The van der Waals surface area contributed by atoms with E-state index in [0.717, 1.165) is 19.3 Å². The monoisotopic (exact) mass is 490 g/mol. The summed E-state index contributed by atoms with van der Waals surface area (Å²) in [6.45, 7) is 7.49. The number of rotatable bonds is 8. The fraction of sp³-hybridized carbons (Fsp3) is 0.458. The van der Waals surface area contributed by atoms with Gasteiger partial charge in [0.15, 0.2) is 6.10 Å². The third-order valence-corrected chi connectivity index (χ3v) is 7.73. The normalized spacial score (nSPS) is 15.5. The van der Waals surface area contributed by atoms with Crippen LogP contribution in [0.4, 0.5) is 0 Å². The summed E-state index contributed by atoms with van der Waals surface area (Å²) in [5.41, 5.74) is 1.36. The number of piperidine rings is 1. The molecule has 1 aromatic heterocycles. The summed E-state index contributed by atoms with van der Waals surface area (Å²) in [7, 11) is -3.72. The molecular formula is C24H30N2O7S. The Labute approximate surface area is 199 Å². The molecule has 0 aliphatic carbocycles. The predicted molar refractivity (Wildman–Crippen MR) is 124 cm³/mol. The maximum atomic E-state index is 12.9. The van der Waals surface area contributed by atoms with E-state index in [1.807, 2.05) is 0 Å². The van der Waals surface area contributed by atoms with Gasteiger partial charge in [0.1, 0.15) is 0 Å². The van der Waals surface area contributed by atoms with E-state index in [1.165, 1.54) is 35.5 Å². The molecule has 1 unspecified atom stereocenters. The highest BCUT2D eigenvalue weighted by atomic mass is 32.2. The number of esters is 2. The van der Waals surface area contributed by atoms with Crippen LogP contribution in [0.15, 0.2) is 29.2 Å². The molecule has 1 aliphatic heterocycles. The van der Waals surface area contributed by atoms with Gasteiger partial charge < -0.3 is 14.5 Å². The van der Waals surface area contributed by atoms with E-state index in [1.54, 1.807) is 20.8 Å². The molecule has 1 atom stereocenters. The molecule has 184 valence electrons. The number of nitrogens with one attached hydrogen (secondary N) is 1. The highest BCUT2D eigenvalue weighted by molar-refractivity contribution is 7.89. The number of aryl methyl sites for hydroxylation is 1. The van der Waals surface area contributed by atoms with Gasteiger partial charge in [-0.2, -0.15) is 4.31 Å². The van der Waals surface area contributed by atoms with Crippen molar-refractivity contribution in [2.45, 2.75) is 58.0 Å². The standard InChI is InChI=1S/C24H30N2O7S/c1-5-32-24(29)20-15(2)21(25-16(20)3)22(27)17(4)33-23(28)18-10-9-11-19(14-18)34(30,31)26-12-7-6-8-13-26/h9-11,14,17,25H,5-8,12-13H2,1-4H3. The van der Waals surface area contributed by atoms with Crippen molar-refractivity contribution in [3.05, 3.63) is 52.3 Å². The Morgan fingerprint density at radius 3 is 2.41 bits per heavy atom. The second-order valence-electron chi connectivity index (χ2n) is 8.25. The molecule has 1 fully saturated rings. The number of nitrogens with zero attached hydrogens (tertiary/aromatic N) is 1. The van der Waals surface area contributed by atoms with Crippen LogP contribution in [0.3, 0.4) is 0 Å². The van der Waals surface area contributed by atoms with E-state index in [0.29, 0.717) is 24.3 Å². The lowest BCUT2D eigenvalue weighted by molar-refractivity contribution is 0.0316. The van der Waals surface area contributed by atoms with E-state index >= 15 is 0 Å². The molecule has 10 heteroatoms. The Kier molecular flexibility index (Phi) is 7.93. The second kappa shape index (κ2) is 10.5. The Morgan fingerprint density at radius 2 is 1.76 bits per heavy atom. The molecule has 0 radical (unpaired) electrons. The van der Waals surface area contributed by atoms with Crippen LogP contribution in [0.25, 0.3) is 0 Å². The molecule has 9 nitrogen and oxygen atoms in total. The van der Waals surface area contributed by atoms with Crippen LogP contribution in [0.2, 0.25) is 0 Å². The van der Waals surface area contributed by atoms with Gasteiger partial charge in [-0.15, -0.1) is 0 Å². The summed E-state index contributed by atoms with van der Waals surface area (Å²) in [6.07, 6.45) is 1.43. The number of ether oxygens (including phenoxy) is 2. The number of carbonyl (C=O) groups is 3. The average molecular weight is 491 g/mol. The van der Waals surface area contributed by atoms with E-state index in [-0.39, 0.29) is 28.3 Å². The number of hydrogen-bond donors (Lipinski definition) is 1. The molecule has 0 saturated carbocycles. The van der Waals surface area contributed by atoms with Crippen LogP contribution in [0, 0.1) is 13.8 Å². The van der Waals surface area contributed by atoms with Gasteiger partial charge in [-0.1, -0.05) is 12.5 Å². The van der Waals surface area contributed by atoms with Gasteiger partial charge in [0.05, 0.1) is 28.3 Å². The van der Waals surface area contributed by atoms with Crippen molar-refractivity contribution in [3.8, 4) is 0 Å². The maximum absolute atomic E-state index is 12.9. The summed E-state index contributed by atoms with van der Waals surface area (Å²) >= 11 is 0. The topological polar surface area (TPSA) is 123 Å². The van der Waals surface area contributed by atoms with Gasteiger partial charge in [-0.3, -0.25) is 4.79 Å². The van der Waals surface area contributed by atoms with E-state index in [2.05, 4.69) is 4.98 Å². The fourth-order valence-corrected chi connectivity index (χ4v) is 5.59. The van der Waals surface area contributed by atoms with Crippen molar-refractivity contribution in [2.75, 3.05) is 19.7 Å². The highest BCUT2D eigenvalue weighted by Crippen LogP contribution is 2.23. The van der Waals surface area contributed by atoms with E-state index < -0.39 is 33.8 Å². The van der Waals surface area contributed by atoms with E-state index in [4.69, 9.17) is 9.47 Å². The SMILES string of the molecule is CCOC(=O)c1c(C)[nH]c(C(=O)C(C)OC(=O)c2cccc(S(=O)(=O)N3CCCCC3)c2)c1C. The first-order valence-electron chi connectivity index (χ1n) is 11.3. The maximum Gasteiger partial charge on any atom is 0.340 e. The lowest BCUT2D eigenvalue weighted by Gasteiger charge is -2.26. The number of aromatic amines is 1. The number of hydrogen-bond acceptors (Lipinski definition) is 7. The fourth-order valence-electron chi connectivity index (χ4n) is 4.03. The van der Waals surface area contributed by atoms with Crippen LogP contribution in [-0.4, -0.2) is 61.2 Å². The predicted octanol–water partition coefficient (Wildman–Crippen LogP) is 3.41. The quantitative estimate of drug-likeness (QED) is 0.444. The van der Waals surface area contributed by atoms with Gasteiger partial charge in [-0.05, 0) is 64.3 Å². The summed E-state index contributed by atoms with van der Waals surface area (Å²) in [6, 6.07) is 5.63. The average Bonchev–Trinajstić information content (AvgIpc) is 3.13. The van der Waals surface area contributed by atoms with Gasteiger partial charge >= 0.3 is 11.9 Å². The molecule has 0 amide bonds. The first-order valence-corrected chi connectivity index (χ1v) is 12.7. The number of Topliss-reactive ketones (excluding diaryl/α,β-unsaturated/α-hetero) is 1. The molecule has 34 heavy (non-hydrogen) atoms. The van der Waals surface area contributed by atoms with Crippen LogP contribution in [0.5, 0.6) is 0 Å². The van der Waals surface area contributed by atoms with Gasteiger partial charge in [0.25, 0.3) is 0 Å². The smallest absolute Gasteiger partial charge is 0.340 e. The number of H-pyrrole nitrogens is 1. The molecule has 3 rings (SSSR count). The van der Waals surface area contributed by atoms with Gasteiger partial charge in [-0.25, -0.2) is 18.0 Å². The summed E-state index contributed by atoms with van der Waals surface area (Å²) in [5, 5.41) is 0. The first kappa shape index (κ1) is 25.6. The summed E-state index contributed by atoms with van der Waals surface area (Å²) in [5.74, 6) is -1.87. The molecule has 2 heterocycles. The molecule has 1 aliphatic rings. The van der Waals surface area contributed by atoms with Crippen LogP contribution >= 0.6 is 0 Å². The Bertz CT molecular complexity index is 1190. The zero-order valence-electron chi connectivity index (χ0n) is 19.8. The first-order chi connectivity index (χ1) is 16.1. The van der Waals surface area contributed by atoms with Crippen molar-refractivity contribution in [3.63, 3.8) is 0 Å². The molecule has 0 spiro atoms. The number of sulfonamides is 1. The largest absolute Gasteiger partial charge is 0.462 e. The minimum absolute atomic E-state index is 0.0118. The Hall–Kier alpha value is -2.98. The Balaban J connectivity index is 1.76. The zero-order chi connectivity index (χ0) is 25.0. The van der Waals surface area contributed by atoms with Crippen molar-refractivity contribution in [1.29, 1.82) is 0 Å². The van der Waals surface area contributed by atoms with Crippen LogP contribution < -0.4 is 0 Å². The highest BCUT2D eigenvalue weighted by Gasteiger charge is 2.29. The minimum atomic E-state index is -3.72. The summed E-state index contributed by atoms with van der Waals surface area (Å²) in [4.78, 5) is 40.8. The third-order valence-electron chi connectivity index (χ3n) is 5.84. The zero-order valence-corrected chi connectivity index (χ0v) is 20.7. The van der Waals surface area contributed by atoms with E-state index in [9.17, 15) is 22.8 Å². The van der Waals surface area contributed by atoms with Gasteiger partial charge in [0.2, 0.25) is 15.8 Å². The lowest BCUT2D eigenvalue weighted by atomic mass is 10.1. The minimum Gasteiger partial charge on any atom is -0.462 e. The number of carbonyl (C=O) groups excluding carboxylic acids is 3. The number of benzene rings is 1. The van der Waals surface area contributed by atoms with Crippen LogP contribution in [0.1, 0.15) is 75.6 Å². The molecule has 1 saturated heterocycles. The molecule has 1 aromatic carbocycles. The van der Waals surface area contributed by atoms with Crippen molar-refractivity contribution in [2.24, 2.45) is 0 Å². The van der Waals surface area contributed by atoms with Crippen molar-refractivity contribution >= 4 is 27.7 Å². The Morgan fingerprint density at radius 1 is 1.09 bits per heavy atom. The van der Waals surface area contributed by atoms with Crippen molar-refractivity contribution < 1.29 is 32.3 Å². The lowest BCUT2D eigenvalue weighted by Crippen LogP contribution is -2.35. The molecule has 0 bridgehead atoms. The van der Waals surface area contributed by atoms with Gasteiger partial charge in [0, 0.05) is 18.8 Å². The molecule has 2 aromatic rings. The third kappa shape index (κ3) is 5.23. The van der Waals surface area contributed by atoms with Crippen molar-refractivity contribution in [1.82, 2.24) is 9.29 Å². The second-order valence-corrected chi connectivity index (χ2v) is 10.2.